The van der Waals surface area contributed by atoms with Crippen LogP contribution in [-0.2, 0) is 9.68 Å². The van der Waals surface area contributed by atoms with Gasteiger partial charge in [-0.05, 0) is 43.6 Å². The molecule has 4 aromatic rings. The van der Waals surface area contributed by atoms with Gasteiger partial charge < -0.3 is 22.6 Å². The largest absolute Gasteiger partial charge is 1.00 e. The van der Waals surface area contributed by atoms with Gasteiger partial charge in [-0.25, -0.2) is 14.5 Å². The molecule has 2 aliphatic carbocycles. The van der Waals surface area contributed by atoms with Crippen molar-refractivity contribution in [1.29, 1.82) is 0 Å². The summed E-state index contributed by atoms with van der Waals surface area (Å²) in [4.78, 5) is 20.3. The van der Waals surface area contributed by atoms with Crippen LogP contribution in [0.2, 0.25) is 5.15 Å². The topological polar surface area (TPSA) is 148 Å². The van der Waals surface area contributed by atoms with Crippen molar-refractivity contribution >= 4 is 35.2 Å². The summed E-state index contributed by atoms with van der Waals surface area (Å²) in [6.45, 7) is 8.35. The Labute approximate surface area is 345 Å². The number of carbonyl (C=O) groups is 1. The number of nitrogens with two attached hydrogens (primary N) is 1. The molecule has 0 amide bonds. The number of fused-ring (bicyclic) bond motifs is 2. The summed E-state index contributed by atoms with van der Waals surface area (Å²) in [5, 5.41) is 21.1. The molecule has 6 rings (SSSR count). The van der Waals surface area contributed by atoms with Crippen LogP contribution >= 0.6 is 11.6 Å². The molecular formula is C29H43ClK2N8O3. The van der Waals surface area contributed by atoms with E-state index in [9.17, 15) is 0 Å². The van der Waals surface area contributed by atoms with Gasteiger partial charge in [-0.15, -0.1) is 0 Å². The SMILES string of the molecule is CC(C)c1cc(Cl)n2nccc2n1.CC(C)c1cc(NC2CCCC2)n2nccc2n1.NC1CCCC1.O=CO[O-].[H-].[K+].[K+]. The van der Waals surface area contributed by atoms with Crippen molar-refractivity contribution in [3.8, 4) is 0 Å². The van der Waals surface area contributed by atoms with Crippen LogP contribution in [0.5, 0.6) is 0 Å². The number of aromatic nitrogens is 6. The van der Waals surface area contributed by atoms with Gasteiger partial charge in [0.05, 0.1) is 12.4 Å². The predicted molar refractivity (Wildman–Crippen MR) is 160 cm³/mol. The average molecular weight is 665 g/mol. The fourth-order valence-electron chi connectivity index (χ4n) is 4.76. The summed E-state index contributed by atoms with van der Waals surface area (Å²) in [5.41, 5.74) is 9.40. The zero-order valence-electron chi connectivity index (χ0n) is 27.4. The summed E-state index contributed by atoms with van der Waals surface area (Å²) < 4.78 is 3.53. The standard InChI is InChI=1S/C14H20N4.C9H10ClN3.C5H11N.CH2O3.2K.H/c1-10(2)12-9-14(16-11-5-3-4-6-11)18-13(17-12)7-8-15-18;1-6(2)7-5-8(10)13-9(12-7)3-4-11-13;6-5-3-1-2-4-5;2-1-4-3;;;/h7-11,16H,3-6H2,1-2H3;3-6H,1-2H3;5H,1-4,6H2;1,3H;;;/q;;;;2*+1;-1/p-1. The number of hydrogen-bond acceptors (Lipinski definition) is 9. The second kappa shape index (κ2) is 21.7. The predicted octanol–water partition coefficient (Wildman–Crippen LogP) is -0.844. The van der Waals surface area contributed by atoms with Gasteiger partial charge in [0.15, 0.2) is 11.3 Å². The molecule has 43 heavy (non-hydrogen) atoms. The molecule has 11 nitrogen and oxygen atoms in total. The second-order valence-electron chi connectivity index (χ2n) is 10.9. The Hall–Kier alpha value is -0.00727. The Morgan fingerprint density at radius 3 is 1.86 bits per heavy atom. The van der Waals surface area contributed by atoms with E-state index in [1.807, 2.05) is 28.9 Å². The summed E-state index contributed by atoms with van der Waals surface area (Å²) in [7, 11) is 0. The number of hydrogen-bond donors (Lipinski definition) is 2. The van der Waals surface area contributed by atoms with Crippen LogP contribution < -0.4 is 119 Å². The maximum Gasteiger partial charge on any atom is 1.00 e. The van der Waals surface area contributed by atoms with Gasteiger partial charge in [0.1, 0.15) is 11.0 Å². The fourth-order valence-corrected chi connectivity index (χ4v) is 5.00. The normalized spacial score (nSPS) is 14.5. The molecule has 2 fully saturated rings. The molecule has 0 radical (unpaired) electrons. The monoisotopic (exact) mass is 664 g/mol. The van der Waals surface area contributed by atoms with E-state index in [2.05, 4.69) is 64.1 Å². The third-order valence-corrected chi connectivity index (χ3v) is 7.31. The minimum absolute atomic E-state index is 0. The molecule has 0 saturated heterocycles. The summed E-state index contributed by atoms with van der Waals surface area (Å²) in [5.74, 6) is 1.91. The molecule has 226 valence electrons. The molecule has 3 N–H and O–H groups in total. The minimum Gasteiger partial charge on any atom is -1.00 e. The van der Waals surface area contributed by atoms with Gasteiger partial charge in [-0.1, -0.05) is 65.0 Å². The Morgan fingerprint density at radius 2 is 1.40 bits per heavy atom. The first kappa shape index (κ1) is 41.0. The Balaban J connectivity index is 0.000000625. The third-order valence-electron chi connectivity index (χ3n) is 7.04. The van der Waals surface area contributed by atoms with E-state index >= 15 is 0 Å². The van der Waals surface area contributed by atoms with E-state index in [1.54, 1.807) is 10.7 Å². The zero-order valence-corrected chi connectivity index (χ0v) is 33.4. The maximum atomic E-state index is 8.64. The van der Waals surface area contributed by atoms with Crippen LogP contribution in [0.4, 0.5) is 5.82 Å². The number of nitrogens with zero attached hydrogens (tertiary/aromatic N) is 6. The average Bonchev–Trinajstić information content (AvgIpc) is 3.77. The quantitative estimate of drug-likeness (QED) is 0.0916. The van der Waals surface area contributed by atoms with Crippen molar-refractivity contribution in [1.82, 2.24) is 29.2 Å². The molecule has 0 atom stereocenters. The molecule has 2 saturated carbocycles. The molecule has 2 aliphatic rings. The number of nitrogens with one attached hydrogen (secondary N) is 1. The van der Waals surface area contributed by atoms with Crippen LogP contribution in [0.3, 0.4) is 0 Å². The van der Waals surface area contributed by atoms with Gasteiger partial charge in [0, 0.05) is 41.7 Å². The van der Waals surface area contributed by atoms with E-state index in [4.69, 9.17) is 27.4 Å². The van der Waals surface area contributed by atoms with Crippen molar-refractivity contribution < 1.29 is 119 Å². The van der Waals surface area contributed by atoms with Gasteiger partial charge >= 0.3 is 103 Å². The van der Waals surface area contributed by atoms with Crippen molar-refractivity contribution in [2.24, 2.45) is 5.73 Å². The van der Waals surface area contributed by atoms with E-state index in [-0.39, 0.29) is 111 Å². The minimum atomic E-state index is -0.181. The van der Waals surface area contributed by atoms with Crippen LogP contribution in [0.1, 0.15) is 104 Å². The fraction of sp³-hybridized carbons (Fsp3) is 0.552. The smallest absolute Gasteiger partial charge is 1.00 e. The van der Waals surface area contributed by atoms with E-state index in [0.29, 0.717) is 29.1 Å². The van der Waals surface area contributed by atoms with Gasteiger partial charge in [-0.3, -0.25) is 4.79 Å². The van der Waals surface area contributed by atoms with Crippen LogP contribution in [0.15, 0.2) is 36.7 Å². The summed E-state index contributed by atoms with van der Waals surface area (Å²) >= 11 is 6.01. The first-order valence-corrected chi connectivity index (χ1v) is 14.7. The number of rotatable bonds is 5. The Bertz CT molecular complexity index is 1360. The van der Waals surface area contributed by atoms with Crippen molar-refractivity contribution in [3.63, 3.8) is 0 Å². The van der Waals surface area contributed by atoms with Crippen molar-refractivity contribution in [2.45, 2.75) is 103 Å². The van der Waals surface area contributed by atoms with E-state index in [1.165, 1.54) is 51.4 Å². The summed E-state index contributed by atoms with van der Waals surface area (Å²) in [6.07, 6.45) is 14.0. The molecule has 14 heteroatoms. The molecule has 0 aliphatic heterocycles. The zero-order chi connectivity index (χ0) is 29.8. The molecule has 4 heterocycles. The van der Waals surface area contributed by atoms with E-state index in [0.717, 1.165) is 28.5 Å². The van der Waals surface area contributed by atoms with Gasteiger partial charge in [0.2, 0.25) is 0 Å². The first-order valence-electron chi connectivity index (χ1n) is 14.3. The Morgan fingerprint density at radius 1 is 0.930 bits per heavy atom. The maximum absolute atomic E-state index is 8.64. The number of carbonyl (C=O) groups excluding carboxylic acids is 1. The van der Waals surface area contributed by atoms with Crippen molar-refractivity contribution in [3.05, 3.63) is 53.2 Å². The van der Waals surface area contributed by atoms with Crippen LogP contribution in [-0.4, -0.2) is 47.8 Å². The van der Waals surface area contributed by atoms with Crippen molar-refractivity contribution in [2.75, 3.05) is 5.32 Å². The third kappa shape index (κ3) is 13.3. The second-order valence-corrected chi connectivity index (χ2v) is 11.3. The number of anilines is 1. The number of halogens is 1. The molecule has 0 bridgehead atoms. The molecule has 4 aromatic heterocycles. The molecule has 0 aromatic carbocycles. The van der Waals surface area contributed by atoms with Crippen LogP contribution in [0, 0.1) is 0 Å². The molecule has 0 spiro atoms. The summed E-state index contributed by atoms with van der Waals surface area (Å²) in [6, 6.07) is 8.95. The van der Waals surface area contributed by atoms with Gasteiger partial charge in [0.25, 0.3) is 6.47 Å². The first-order chi connectivity index (χ1) is 19.7. The van der Waals surface area contributed by atoms with E-state index < -0.39 is 0 Å². The molecular weight excluding hydrogens is 622 g/mol. The van der Waals surface area contributed by atoms with Gasteiger partial charge in [-0.2, -0.15) is 14.7 Å². The van der Waals surface area contributed by atoms with Crippen LogP contribution in [0.25, 0.3) is 11.3 Å². The molecule has 0 unspecified atom stereocenters. The Kier molecular flexibility index (Phi) is 20.7.